The van der Waals surface area contributed by atoms with Crippen LogP contribution in [0.15, 0.2) is 24.3 Å². The molecule has 1 fully saturated rings. The van der Waals surface area contributed by atoms with Gasteiger partial charge in [0.25, 0.3) is 5.91 Å². The molecule has 1 aliphatic heterocycles. The highest BCUT2D eigenvalue weighted by Gasteiger charge is 2.16. The largest absolute Gasteiger partial charge is 0.491 e. The molecule has 23 heavy (non-hydrogen) atoms. The summed E-state index contributed by atoms with van der Waals surface area (Å²) < 4.78 is 11.2. The third-order valence-corrected chi connectivity index (χ3v) is 3.72. The van der Waals surface area contributed by atoms with Gasteiger partial charge in [0.05, 0.1) is 6.10 Å². The van der Waals surface area contributed by atoms with Crippen LogP contribution in [-0.4, -0.2) is 42.3 Å². The van der Waals surface area contributed by atoms with E-state index < -0.39 is 5.97 Å². The standard InChI is InChI=1S/C17H23NO5/c1-12(7-8-16(19)20)18-17(21)13-4-2-5-14(10-13)23-11-15-6-3-9-22-15/h2,4-5,10,12,15H,3,6-9,11H2,1H3,(H,18,21)(H,19,20). The Morgan fingerprint density at radius 2 is 2.30 bits per heavy atom. The number of carbonyl (C=O) groups is 2. The van der Waals surface area contributed by atoms with Crippen molar-refractivity contribution in [3.8, 4) is 5.75 Å². The van der Waals surface area contributed by atoms with Crippen molar-refractivity contribution in [3.63, 3.8) is 0 Å². The van der Waals surface area contributed by atoms with Gasteiger partial charge in [-0.2, -0.15) is 0 Å². The normalized spacial score (nSPS) is 18.4. The van der Waals surface area contributed by atoms with Crippen molar-refractivity contribution < 1.29 is 24.2 Å². The molecule has 1 amide bonds. The van der Waals surface area contributed by atoms with Crippen LogP contribution in [-0.2, 0) is 9.53 Å². The molecule has 1 aliphatic rings. The predicted molar refractivity (Wildman–Crippen MR) is 84.7 cm³/mol. The van der Waals surface area contributed by atoms with Crippen molar-refractivity contribution in [1.29, 1.82) is 0 Å². The summed E-state index contributed by atoms with van der Waals surface area (Å²) in [7, 11) is 0. The van der Waals surface area contributed by atoms with Crippen LogP contribution in [0.4, 0.5) is 0 Å². The monoisotopic (exact) mass is 321 g/mol. The number of aliphatic carboxylic acids is 1. The van der Waals surface area contributed by atoms with E-state index in [4.69, 9.17) is 14.6 Å². The van der Waals surface area contributed by atoms with Crippen molar-refractivity contribution in [2.45, 2.75) is 44.8 Å². The minimum Gasteiger partial charge on any atom is -0.491 e. The Morgan fingerprint density at radius 1 is 1.48 bits per heavy atom. The fraction of sp³-hybridized carbons (Fsp3) is 0.529. The molecule has 2 unspecified atom stereocenters. The zero-order chi connectivity index (χ0) is 16.7. The van der Waals surface area contributed by atoms with Crippen LogP contribution in [0.1, 0.15) is 43.0 Å². The Hall–Kier alpha value is -2.08. The molecule has 0 aliphatic carbocycles. The van der Waals surface area contributed by atoms with Crippen molar-refractivity contribution in [3.05, 3.63) is 29.8 Å². The molecule has 2 atom stereocenters. The van der Waals surface area contributed by atoms with Crippen molar-refractivity contribution in [2.24, 2.45) is 0 Å². The van der Waals surface area contributed by atoms with E-state index >= 15 is 0 Å². The number of hydrogen-bond donors (Lipinski definition) is 2. The third-order valence-electron chi connectivity index (χ3n) is 3.72. The molecule has 1 aromatic rings. The Kier molecular flexibility index (Phi) is 6.40. The Labute approximate surface area is 135 Å². The minimum absolute atomic E-state index is 0.0337. The summed E-state index contributed by atoms with van der Waals surface area (Å²) in [4.78, 5) is 22.7. The molecular formula is C17H23NO5. The van der Waals surface area contributed by atoms with Crippen LogP contribution in [0, 0.1) is 0 Å². The summed E-state index contributed by atoms with van der Waals surface area (Å²) in [5.41, 5.74) is 0.497. The van der Waals surface area contributed by atoms with Gasteiger partial charge >= 0.3 is 5.97 Å². The van der Waals surface area contributed by atoms with Crippen LogP contribution >= 0.6 is 0 Å². The van der Waals surface area contributed by atoms with Gasteiger partial charge in [-0.3, -0.25) is 9.59 Å². The summed E-state index contributed by atoms with van der Waals surface area (Å²) in [5, 5.41) is 11.5. The molecule has 0 aromatic heterocycles. The zero-order valence-electron chi connectivity index (χ0n) is 13.3. The molecule has 2 N–H and O–H groups in total. The molecule has 126 valence electrons. The molecule has 0 radical (unpaired) electrons. The first-order chi connectivity index (χ1) is 11.0. The van der Waals surface area contributed by atoms with Crippen molar-refractivity contribution in [2.75, 3.05) is 13.2 Å². The number of amides is 1. The fourth-order valence-corrected chi connectivity index (χ4v) is 2.41. The summed E-state index contributed by atoms with van der Waals surface area (Å²) in [6, 6.07) is 6.77. The number of benzene rings is 1. The van der Waals surface area contributed by atoms with Gasteiger partial charge in [-0.05, 0) is 44.4 Å². The zero-order valence-corrected chi connectivity index (χ0v) is 13.3. The Bertz CT molecular complexity index is 540. The number of carboxylic acids is 1. The van der Waals surface area contributed by atoms with E-state index in [1.54, 1.807) is 31.2 Å². The van der Waals surface area contributed by atoms with Crippen LogP contribution < -0.4 is 10.1 Å². The second-order valence-corrected chi connectivity index (χ2v) is 5.78. The Morgan fingerprint density at radius 3 is 3.00 bits per heavy atom. The Balaban J connectivity index is 1.84. The lowest BCUT2D eigenvalue weighted by molar-refractivity contribution is -0.137. The summed E-state index contributed by atoms with van der Waals surface area (Å²) >= 11 is 0. The van der Waals surface area contributed by atoms with E-state index in [1.165, 1.54) is 0 Å². The highest BCUT2D eigenvalue weighted by Crippen LogP contribution is 2.17. The topological polar surface area (TPSA) is 84.9 Å². The van der Waals surface area contributed by atoms with Gasteiger partial charge in [0.1, 0.15) is 12.4 Å². The lowest BCUT2D eigenvalue weighted by Gasteiger charge is -2.14. The SMILES string of the molecule is CC(CCC(=O)O)NC(=O)c1cccc(OCC2CCCO2)c1. The summed E-state index contributed by atoms with van der Waals surface area (Å²) in [6.45, 7) is 3.06. The molecule has 1 heterocycles. The number of rotatable bonds is 8. The first kappa shape index (κ1) is 17.3. The van der Waals surface area contributed by atoms with Gasteiger partial charge in [0.15, 0.2) is 0 Å². The molecular weight excluding hydrogens is 298 g/mol. The van der Waals surface area contributed by atoms with E-state index in [-0.39, 0.29) is 24.5 Å². The van der Waals surface area contributed by atoms with Crippen molar-refractivity contribution in [1.82, 2.24) is 5.32 Å². The number of hydrogen-bond acceptors (Lipinski definition) is 4. The van der Waals surface area contributed by atoms with E-state index in [9.17, 15) is 9.59 Å². The number of carboxylic acid groups (broad SMARTS) is 1. The van der Waals surface area contributed by atoms with Crippen LogP contribution in [0.25, 0.3) is 0 Å². The average molecular weight is 321 g/mol. The van der Waals surface area contributed by atoms with Crippen LogP contribution in [0.2, 0.25) is 0 Å². The predicted octanol–water partition coefficient (Wildman–Crippen LogP) is 2.23. The summed E-state index contributed by atoms with van der Waals surface area (Å²) in [6.07, 6.45) is 2.62. The van der Waals surface area contributed by atoms with Crippen LogP contribution in [0.3, 0.4) is 0 Å². The molecule has 1 aromatic carbocycles. The molecule has 0 saturated carbocycles. The van der Waals surface area contributed by atoms with Crippen molar-refractivity contribution >= 4 is 11.9 Å². The van der Waals surface area contributed by atoms with Gasteiger partial charge < -0.3 is 19.9 Å². The van der Waals surface area contributed by atoms with E-state index in [2.05, 4.69) is 5.32 Å². The second kappa shape index (κ2) is 8.53. The number of nitrogens with one attached hydrogen (secondary N) is 1. The smallest absolute Gasteiger partial charge is 0.303 e. The maximum Gasteiger partial charge on any atom is 0.303 e. The molecule has 6 heteroatoms. The molecule has 2 rings (SSSR count). The molecule has 6 nitrogen and oxygen atoms in total. The van der Waals surface area contributed by atoms with Gasteiger partial charge in [-0.15, -0.1) is 0 Å². The van der Waals surface area contributed by atoms with Gasteiger partial charge in [-0.1, -0.05) is 6.07 Å². The van der Waals surface area contributed by atoms with E-state index in [1.807, 2.05) is 0 Å². The highest BCUT2D eigenvalue weighted by atomic mass is 16.5. The fourth-order valence-electron chi connectivity index (χ4n) is 2.41. The third kappa shape index (κ3) is 5.90. The second-order valence-electron chi connectivity index (χ2n) is 5.78. The van der Waals surface area contributed by atoms with Gasteiger partial charge in [-0.25, -0.2) is 0 Å². The number of ether oxygens (including phenoxy) is 2. The quantitative estimate of drug-likeness (QED) is 0.767. The molecule has 0 spiro atoms. The summed E-state index contributed by atoms with van der Waals surface area (Å²) in [5.74, 6) is -0.465. The average Bonchev–Trinajstić information content (AvgIpc) is 3.04. The molecule has 1 saturated heterocycles. The highest BCUT2D eigenvalue weighted by molar-refractivity contribution is 5.94. The van der Waals surface area contributed by atoms with Crippen LogP contribution in [0.5, 0.6) is 5.75 Å². The lowest BCUT2D eigenvalue weighted by Crippen LogP contribution is -2.32. The van der Waals surface area contributed by atoms with E-state index in [0.29, 0.717) is 24.3 Å². The van der Waals surface area contributed by atoms with E-state index in [0.717, 1.165) is 19.4 Å². The first-order valence-electron chi connectivity index (χ1n) is 7.91. The van der Waals surface area contributed by atoms with Gasteiger partial charge in [0.2, 0.25) is 0 Å². The number of carbonyl (C=O) groups excluding carboxylic acids is 1. The molecule has 0 bridgehead atoms. The maximum absolute atomic E-state index is 12.2. The maximum atomic E-state index is 12.2. The lowest BCUT2D eigenvalue weighted by atomic mass is 10.1. The van der Waals surface area contributed by atoms with Gasteiger partial charge in [0, 0.05) is 24.6 Å². The minimum atomic E-state index is -0.865. The first-order valence-corrected chi connectivity index (χ1v) is 7.91.